The van der Waals surface area contributed by atoms with E-state index in [2.05, 4.69) is 10.2 Å². The van der Waals surface area contributed by atoms with E-state index in [-0.39, 0.29) is 29.5 Å². The first-order chi connectivity index (χ1) is 16.2. The summed E-state index contributed by atoms with van der Waals surface area (Å²) < 4.78 is 44.9. The Labute approximate surface area is 204 Å². The van der Waals surface area contributed by atoms with Crippen LogP contribution in [0.1, 0.15) is 62.4 Å². The lowest BCUT2D eigenvalue weighted by atomic mass is 9.86. The summed E-state index contributed by atoms with van der Waals surface area (Å²) in [5.41, 5.74) is -1.77. The lowest BCUT2D eigenvalue weighted by Crippen LogP contribution is -2.54. The van der Waals surface area contributed by atoms with Gasteiger partial charge in [0.15, 0.2) is 0 Å². The van der Waals surface area contributed by atoms with Gasteiger partial charge < -0.3 is 19.9 Å². The van der Waals surface area contributed by atoms with Crippen LogP contribution in [0, 0.1) is 5.41 Å². The second-order valence-corrected chi connectivity index (χ2v) is 10.6. The minimum atomic E-state index is -4.57. The summed E-state index contributed by atoms with van der Waals surface area (Å²) in [6, 6.07) is 3.16. The van der Waals surface area contributed by atoms with Crippen LogP contribution in [-0.4, -0.2) is 72.5 Å². The van der Waals surface area contributed by atoms with Crippen molar-refractivity contribution in [2.24, 2.45) is 5.41 Å². The molecule has 1 N–H and O–H groups in total. The molecule has 0 spiro atoms. The van der Waals surface area contributed by atoms with Gasteiger partial charge >= 0.3 is 12.1 Å². The van der Waals surface area contributed by atoms with Crippen molar-refractivity contribution in [3.63, 3.8) is 0 Å². The molecule has 1 aromatic rings. The summed E-state index contributed by atoms with van der Waals surface area (Å²) in [5.74, 6) is -1.38. The van der Waals surface area contributed by atoms with Crippen molar-refractivity contribution < 1.29 is 32.3 Å². The monoisotopic (exact) mass is 497 g/mol. The Kier molecular flexibility index (Phi) is 7.83. The van der Waals surface area contributed by atoms with Crippen molar-refractivity contribution in [1.29, 1.82) is 0 Å². The summed E-state index contributed by atoms with van der Waals surface area (Å²) >= 11 is 0. The van der Waals surface area contributed by atoms with Crippen LogP contribution in [-0.2, 0) is 20.5 Å². The number of ether oxygens (including phenoxy) is 1. The zero-order chi connectivity index (χ0) is 26.1. The van der Waals surface area contributed by atoms with E-state index in [1.54, 1.807) is 25.7 Å². The van der Waals surface area contributed by atoms with Crippen molar-refractivity contribution >= 4 is 17.8 Å². The predicted octanol–water partition coefficient (Wildman–Crippen LogP) is 3.48. The van der Waals surface area contributed by atoms with E-state index in [1.807, 2.05) is 14.1 Å². The van der Waals surface area contributed by atoms with Crippen LogP contribution in [0.3, 0.4) is 0 Å². The van der Waals surface area contributed by atoms with Crippen LogP contribution in [0.25, 0.3) is 0 Å². The number of rotatable bonds is 5. The van der Waals surface area contributed by atoms with Gasteiger partial charge in [0.1, 0.15) is 12.1 Å². The van der Waals surface area contributed by atoms with E-state index in [1.165, 1.54) is 6.07 Å². The third-order valence-electron chi connectivity index (χ3n) is 6.73. The first kappa shape index (κ1) is 27.0. The average Bonchev–Trinajstić information content (AvgIpc) is 3.12. The van der Waals surface area contributed by atoms with Crippen molar-refractivity contribution in [2.45, 2.75) is 76.9 Å². The van der Waals surface area contributed by atoms with E-state index in [0.29, 0.717) is 25.8 Å². The van der Waals surface area contributed by atoms with Crippen molar-refractivity contribution in [2.75, 3.05) is 20.6 Å². The molecule has 1 aliphatic heterocycles. The number of nitrogens with zero attached hydrogens (tertiary/aromatic N) is 2. The summed E-state index contributed by atoms with van der Waals surface area (Å²) in [4.78, 5) is 42.2. The molecular formula is C25H34F3N3O4. The second-order valence-electron chi connectivity index (χ2n) is 10.6. The minimum Gasteiger partial charge on any atom is -0.460 e. The van der Waals surface area contributed by atoms with Crippen molar-refractivity contribution in [3.05, 3.63) is 35.4 Å². The number of hydrogen-bond donors (Lipinski definition) is 1. The number of nitrogens with one attached hydrogen (secondary N) is 1. The molecule has 4 atom stereocenters. The fourth-order valence-corrected chi connectivity index (χ4v) is 4.60. The molecule has 1 saturated heterocycles. The van der Waals surface area contributed by atoms with Gasteiger partial charge in [0.25, 0.3) is 5.91 Å². The molecular weight excluding hydrogens is 463 g/mol. The maximum atomic E-state index is 13.2. The fraction of sp³-hybridized carbons (Fsp3) is 0.640. The van der Waals surface area contributed by atoms with Gasteiger partial charge in [0.2, 0.25) is 5.91 Å². The Morgan fingerprint density at radius 3 is 2.40 bits per heavy atom. The van der Waals surface area contributed by atoms with Crippen LogP contribution in [0.2, 0.25) is 0 Å². The SMILES string of the molecule is CN(C)[C@@H]1CC[C@H](N2CCC(NC(=O)c3cccc(C(F)(F)F)c3)C2=O)[C@H](OC(=O)C(C)(C)C)C1. The number of carbonyl (C=O) groups is 3. The first-order valence-corrected chi connectivity index (χ1v) is 11.8. The van der Waals surface area contributed by atoms with Gasteiger partial charge in [-0.25, -0.2) is 0 Å². The summed E-state index contributed by atoms with van der Waals surface area (Å²) in [6.45, 7) is 5.69. The number of halogens is 3. The third kappa shape index (κ3) is 6.34. The maximum Gasteiger partial charge on any atom is 0.416 e. The van der Waals surface area contributed by atoms with E-state index in [4.69, 9.17) is 4.74 Å². The molecule has 0 aromatic heterocycles. The molecule has 194 valence electrons. The molecule has 2 fully saturated rings. The molecule has 7 nitrogen and oxygen atoms in total. The van der Waals surface area contributed by atoms with Crippen LogP contribution in [0.4, 0.5) is 13.2 Å². The fourth-order valence-electron chi connectivity index (χ4n) is 4.60. The van der Waals surface area contributed by atoms with E-state index >= 15 is 0 Å². The number of likely N-dealkylation sites (tertiary alicyclic amines) is 1. The lowest BCUT2D eigenvalue weighted by Gasteiger charge is -2.42. The molecule has 0 radical (unpaired) electrons. The number of esters is 1. The van der Waals surface area contributed by atoms with Gasteiger partial charge in [-0.05, 0) is 72.3 Å². The molecule has 10 heteroatoms. The highest BCUT2D eigenvalue weighted by Crippen LogP contribution is 2.33. The number of benzene rings is 1. The maximum absolute atomic E-state index is 13.2. The van der Waals surface area contributed by atoms with E-state index in [0.717, 1.165) is 24.6 Å². The Bertz CT molecular complexity index is 958. The summed E-state index contributed by atoms with van der Waals surface area (Å²) in [7, 11) is 3.93. The molecule has 3 rings (SSSR count). The minimum absolute atomic E-state index is 0.158. The average molecular weight is 498 g/mol. The highest BCUT2D eigenvalue weighted by molar-refractivity contribution is 5.98. The normalized spacial score (nSPS) is 25.6. The summed E-state index contributed by atoms with van der Waals surface area (Å²) in [6.07, 6.45) is -2.66. The van der Waals surface area contributed by atoms with Gasteiger partial charge in [-0.3, -0.25) is 14.4 Å². The van der Waals surface area contributed by atoms with Crippen LogP contribution in [0.5, 0.6) is 0 Å². The zero-order valence-corrected chi connectivity index (χ0v) is 20.8. The zero-order valence-electron chi connectivity index (χ0n) is 20.8. The second kappa shape index (κ2) is 10.2. The molecule has 1 heterocycles. The smallest absolute Gasteiger partial charge is 0.416 e. The molecule has 1 aliphatic carbocycles. The van der Waals surface area contributed by atoms with Gasteiger partial charge in [-0.1, -0.05) is 6.07 Å². The number of hydrogen-bond acceptors (Lipinski definition) is 5. The number of carbonyl (C=O) groups excluding carboxylic acids is 3. The van der Waals surface area contributed by atoms with Crippen molar-refractivity contribution in [3.8, 4) is 0 Å². The Hall–Kier alpha value is -2.62. The highest BCUT2D eigenvalue weighted by Gasteiger charge is 2.45. The Morgan fingerprint density at radius 2 is 1.80 bits per heavy atom. The molecule has 1 saturated carbocycles. The highest BCUT2D eigenvalue weighted by atomic mass is 19.4. The molecule has 2 amide bonds. The van der Waals surface area contributed by atoms with Gasteiger partial charge in [0.05, 0.1) is 17.0 Å². The molecule has 1 unspecified atom stereocenters. The third-order valence-corrected chi connectivity index (χ3v) is 6.73. The quantitative estimate of drug-likeness (QED) is 0.631. The van der Waals surface area contributed by atoms with Crippen LogP contribution >= 0.6 is 0 Å². The van der Waals surface area contributed by atoms with Gasteiger partial charge in [-0.15, -0.1) is 0 Å². The van der Waals surface area contributed by atoms with Crippen LogP contribution < -0.4 is 5.32 Å². The van der Waals surface area contributed by atoms with E-state index in [9.17, 15) is 27.6 Å². The van der Waals surface area contributed by atoms with Crippen molar-refractivity contribution in [1.82, 2.24) is 15.1 Å². The lowest BCUT2D eigenvalue weighted by molar-refractivity contribution is -0.167. The van der Waals surface area contributed by atoms with Gasteiger partial charge in [-0.2, -0.15) is 13.2 Å². The molecule has 1 aromatic carbocycles. The van der Waals surface area contributed by atoms with Gasteiger partial charge in [0, 0.05) is 24.6 Å². The predicted molar refractivity (Wildman–Crippen MR) is 123 cm³/mol. The van der Waals surface area contributed by atoms with Crippen LogP contribution in [0.15, 0.2) is 24.3 Å². The first-order valence-electron chi connectivity index (χ1n) is 11.8. The number of amides is 2. The largest absolute Gasteiger partial charge is 0.460 e. The summed E-state index contributed by atoms with van der Waals surface area (Å²) in [5, 5.41) is 2.59. The molecule has 0 bridgehead atoms. The number of alkyl halides is 3. The molecule has 35 heavy (non-hydrogen) atoms. The Morgan fingerprint density at radius 1 is 1.11 bits per heavy atom. The topological polar surface area (TPSA) is 78.9 Å². The standard InChI is InChI=1S/C25H34F3N3O4/c1-24(2,3)23(34)35-20-14-17(30(4)5)9-10-19(20)31-12-11-18(22(31)33)29-21(32)15-7-6-8-16(13-15)25(26,27)28/h6-8,13,17-20H,9-12,14H2,1-5H3,(H,29,32)/t17-,18?,19+,20-/m1/s1. The Balaban J connectivity index is 1.72. The molecule has 2 aliphatic rings. The van der Waals surface area contributed by atoms with E-state index < -0.39 is 35.2 Å².